The van der Waals surface area contributed by atoms with Crippen LogP contribution < -0.4 is 5.56 Å². The van der Waals surface area contributed by atoms with Crippen LogP contribution in [0.2, 0.25) is 0 Å². The van der Waals surface area contributed by atoms with Gasteiger partial charge in [-0.1, -0.05) is 6.92 Å². The molecule has 0 bridgehead atoms. The minimum absolute atomic E-state index is 0.0279. The highest BCUT2D eigenvalue weighted by molar-refractivity contribution is 5.69. The largest absolute Gasteiger partial charge is 0.481 e. The van der Waals surface area contributed by atoms with Gasteiger partial charge in [0.05, 0.1) is 12.2 Å². The molecule has 1 aromatic rings. The van der Waals surface area contributed by atoms with Gasteiger partial charge < -0.3 is 5.11 Å². The molecule has 0 spiro atoms. The summed E-state index contributed by atoms with van der Waals surface area (Å²) in [6, 6.07) is 0.0279. The molecule has 1 atom stereocenters. The molecule has 0 aliphatic carbocycles. The lowest BCUT2D eigenvalue weighted by atomic mass is 10.0. The smallest absolute Gasteiger partial charge is 0.306 e. The lowest BCUT2D eigenvalue weighted by Crippen LogP contribution is -2.27. The van der Waals surface area contributed by atoms with E-state index in [4.69, 9.17) is 5.11 Å². The molecule has 0 saturated heterocycles. The van der Waals surface area contributed by atoms with Gasteiger partial charge in [-0.25, -0.2) is 4.98 Å². The zero-order valence-electron chi connectivity index (χ0n) is 9.67. The summed E-state index contributed by atoms with van der Waals surface area (Å²) in [5, 5.41) is 8.78. The van der Waals surface area contributed by atoms with E-state index in [0.717, 1.165) is 0 Å². The lowest BCUT2D eigenvalue weighted by Gasteiger charge is -2.11. The number of carboxylic acids is 1. The van der Waals surface area contributed by atoms with E-state index in [2.05, 4.69) is 4.98 Å². The third kappa shape index (κ3) is 2.68. The Labute approximate surface area is 93.8 Å². The molecule has 1 heterocycles. The second-order valence-electron chi connectivity index (χ2n) is 4.17. The van der Waals surface area contributed by atoms with E-state index in [-0.39, 0.29) is 18.0 Å². The summed E-state index contributed by atoms with van der Waals surface area (Å²) in [6.07, 6.45) is 3.14. The van der Waals surface area contributed by atoms with Gasteiger partial charge in [-0.15, -0.1) is 0 Å². The molecule has 1 rings (SSSR count). The fraction of sp³-hybridized carbons (Fsp3) is 0.545. The quantitative estimate of drug-likeness (QED) is 0.830. The minimum atomic E-state index is -0.903. The first kappa shape index (κ1) is 12.4. The predicted molar refractivity (Wildman–Crippen MR) is 59.4 cm³/mol. The molecular weight excluding hydrogens is 208 g/mol. The first-order chi connectivity index (χ1) is 7.43. The average molecular weight is 224 g/mol. The van der Waals surface area contributed by atoms with Crippen LogP contribution in [0.1, 0.15) is 32.4 Å². The third-order valence-electron chi connectivity index (χ3n) is 2.43. The van der Waals surface area contributed by atoms with Crippen molar-refractivity contribution >= 4 is 5.97 Å². The molecule has 1 N–H and O–H groups in total. The zero-order valence-corrected chi connectivity index (χ0v) is 9.67. The Morgan fingerprint density at radius 2 is 2.12 bits per heavy atom. The van der Waals surface area contributed by atoms with Crippen LogP contribution in [0.25, 0.3) is 0 Å². The summed E-state index contributed by atoms with van der Waals surface area (Å²) in [4.78, 5) is 26.6. The van der Waals surface area contributed by atoms with Crippen LogP contribution in [0, 0.1) is 5.92 Å². The van der Waals surface area contributed by atoms with Crippen molar-refractivity contribution in [3.63, 3.8) is 0 Å². The van der Waals surface area contributed by atoms with Gasteiger partial charge >= 0.3 is 5.97 Å². The SMILES string of the molecule is CC(Cc1cncn(C(C)C)c1=O)C(=O)O. The van der Waals surface area contributed by atoms with Crippen LogP contribution in [0.5, 0.6) is 0 Å². The molecule has 1 aromatic heterocycles. The lowest BCUT2D eigenvalue weighted by molar-refractivity contribution is -0.141. The fourth-order valence-electron chi connectivity index (χ4n) is 1.39. The Morgan fingerprint density at radius 3 is 2.62 bits per heavy atom. The standard InChI is InChI=1S/C11H16N2O3/c1-7(2)13-6-12-5-9(10(13)14)4-8(3)11(15)16/h5-8H,4H2,1-3H3,(H,15,16). The maximum atomic E-state index is 11.9. The van der Waals surface area contributed by atoms with Gasteiger partial charge in [0.25, 0.3) is 5.56 Å². The van der Waals surface area contributed by atoms with Crippen LogP contribution in [0.4, 0.5) is 0 Å². The summed E-state index contributed by atoms with van der Waals surface area (Å²) in [7, 11) is 0. The molecule has 16 heavy (non-hydrogen) atoms. The van der Waals surface area contributed by atoms with Gasteiger partial charge in [0.2, 0.25) is 0 Å². The number of carbonyl (C=O) groups is 1. The number of hydrogen-bond donors (Lipinski definition) is 1. The number of hydrogen-bond acceptors (Lipinski definition) is 3. The molecule has 0 aromatic carbocycles. The van der Waals surface area contributed by atoms with Crippen LogP contribution in [-0.2, 0) is 11.2 Å². The normalized spacial score (nSPS) is 12.8. The topological polar surface area (TPSA) is 72.2 Å². The average Bonchev–Trinajstić information content (AvgIpc) is 2.20. The summed E-state index contributed by atoms with van der Waals surface area (Å²) < 4.78 is 1.50. The van der Waals surface area contributed by atoms with E-state index in [1.807, 2.05) is 13.8 Å². The number of carboxylic acid groups (broad SMARTS) is 1. The van der Waals surface area contributed by atoms with E-state index in [1.54, 1.807) is 6.92 Å². The van der Waals surface area contributed by atoms with Crippen molar-refractivity contribution in [1.29, 1.82) is 0 Å². The zero-order chi connectivity index (χ0) is 12.3. The number of nitrogens with zero attached hydrogens (tertiary/aromatic N) is 2. The monoisotopic (exact) mass is 224 g/mol. The van der Waals surface area contributed by atoms with Crippen molar-refractivity contribution in [2.45, 2.75) is 33.2 Å². The van der Waals surface area contributed by atoms with Crippen molar-refractivity contribution < 1.29 is 9.90 Å². The van der Waals surface area contributed by atoms with Gasteiger partial charge in [-0.3, -0.25) is 14.2 Å². The van der Waals surface area contributed by atoms with E-state index < -0.39 is 11.9 Å². The summed E-state index contributed by atoms with van der Waals surface area (Å²) in [5.74, 6) is -1.48. The summed E-state index contributed by atoms with van der Waals surface area (Å²) in [5.41, 5.74) is 0.296. The van der Waals surface area contributed by atoms with Crippen molar-refractivity contribution in [3.05, 3.63) is 28.4 Å². The highest BCUT2D eigenvalue weighted by Gasteiger charge is 2.15. The van der Waals surface area contributed by atoms with Gasteiger partial charge in [-0.2, -0.15) is 0 Å². The van der Waals surface area contributed by atoms with Crippen molar-refractivity contribution in [3.8, 4) is 0 Å². The molecule has 0 saturated carbocycles. The van der Waals surface area contributed by atoms with Crippen LogP contribution in [-0.4, -0.2) is 20.6 Å². The van der Waals surface area contributed by atoms with Gasteiger partial charge in [-0.05, 0) is 20.3 Å². The number of aromatic nitrogens is 2. The predicted octanol–water partition coefficient (Wildman–Crippen LogP) is 1.09. The Kier molecular flexibility index (Phi) is 3.82. The van der Waals surface area contributed by atoms with Crippen LogP contribution in [0.3, 0.4) is 0 Å². The molecule has 0 aliphatic heterocycles. The Morgan fingerprint density at radius 1 is 1.50 bits per heavy atom. The maximum absolute atomic E-state index is 11.9. The Hall–Kier alpha value is -1.65. The Bertz CT molecular complexity index is 437. The van der Waals surface area contributed by atoms with Crippen molar-refractivity contribution in [1.82, 2.24) is 9.55 Å². The highest BCUT2D eigenvalue weighted by Crippen LogP contribution is 2.05. The number of aliphatic carboxylic acids is 1. The molecule has 5 heteroatoms. The second kappa shape index (κ2) is 4.92. The second-order valence-corrected chi connectivity index (χ2v) is 4.17. The van der Waals surface area contributed by atoms with Crippen molar-refractivity contribution in [2.75, 3.05) is 0 Å². The fourth-order valence-corrected chi connectivity index (χ4v) is 1.39. The molecule has 1 unspecified atom stereocenters. The Balaban J connectivity index is 3.03. The molecule has 88 valence electrons. The highest BCUT2D eigenvalue weighted by atomic mass is 16.4. The minimum Gasteiger partial charge on any atom is -0.481 e. The molecule has 0 fully saturated rings. The molecule has 0 radical (unpaired) electrons. The summed E-state index contributed by atoms with van der Waals surface area (Å²) >= 11 is 0. The van der Waals surface area contributed by atoms with Gasteiger partial charge in [0.1, 0.15) is 0 Å². The molecule has 0 aliphatic rings. The molecule has 0 amide bonds. The van der Waals surface area contributed by atoms with Crippen molar-refractivity contribution in [2.24, 2.45) is 5.92 Å². The maximum Gasteiger partial charge on any atom is 0.306 e. The van der Waals surface area contributed by atoms with Crippen LogP contribution >= 0.6 is 0 Å². The van der Waals surface area contributed by atoms with Gasteiger partial charge in [0.15, 0.2) is 0 Å². The van der Waals surface area contributed by atoms with Gasteiger partial charge in [0, 0.05) is 17.8 Å². The van der Waals surface area contributed by atoms with E-state index in [9.17, 15) is 9.59 Å². The molecule has 5 nitrogen and oxygen atoms in total. The molecular formula is C11H16N2O3. The first-order valence-corrected chi connectivity index (χ1v) is 5.21. The van der Waals surface area contributed by atoms with E-state index in [1.165, 1.54) is 17.1 Å². The van der Waals surface area contributed by atoms with E-state index >= 15 is 0 Å². The van der Waals surface area contributed by atoms with E-state index in [0.29, 0.717) is 5.56 Å². The summed E-state index contributed by atoms with van der Waals surface area (Å²) in [6.45, 7) is 5.34. The third-order valence-corrected chi connectivity index (χ3v) is 2.43. The van der Waals surface area contributed by atoms with Crippen LogP contribution in [0.15, 0.2) is 17.3 Å². The first-order valence-electron chi connectivity index (χ1n) is 5.21. The number of rotatable bonds is 4.